The summed E-state index contributed by atoms with van der Waals surface area (Å²) in [5, 5.41) is 2.95. The van der Waals surface area contributed by atoms with E-state index in [4.69, 9.17) is 10.5 Å². The molecule has 1 aliphatic rings. The fourth-order valence-corrected chi connectivity index (χ4v) is 2.57. The number of rotatable bonds is 5. The Balaban J connectivity index is 1.66. The van der Waals surface area contributed by atoms with Crippen LogP contribution in [0.2, 0.25) is 0 Å². The van der Waals surface area contributed by atoms with Crippen LogP contribution >= 0.6 is 0 Å². The summed E-state index contributed by atoms with van der Waals surface area (Å²) < 4.78 is 5.53. The highest BCUT2D eigenvalue weighted by Gasteiger charge is 2.29. The zero-order chi connectivity index (χ0) is 13.7. The number of nitrogen functional groups attached to an aromatic ring is 1. The minimum Gasteiger partial charge on any atom is -0.492 e. The molecule has 0 bridgehead atoms. The number of hydrogen-bond acceptors (Lipinski definition) is 3. The Labute approximate surface area is 114 Å². The van der Waals surface area contributed by atoms with Crippen molar-refractivity contribution in [1.82, 2.24) is 5.32 Å². The Bertz CT molecular complexity index is 417. The van der Waals surface area contributed by atoms with Crippen LogP contribution in [0.25, 0.3) is 0 Å². The summed E-state index contributed by atoms with van der Waals surface area (Å²) in [5.74, 6) is 1.65. The van der Waals surface area contributed by atoms with E-state index in [0.29, 0.717) is 19.1 Å². The van der Waals surface area contributed by atoms with Gasteiger partial charge in [-0.1, -0.05) is 13.3 Å². The van der Waals surface area contributed by atoms with E-state index in [1.807, 2.05) is 12.1 Å². The average Bonchev–Trinajstić information content (AvgIpc) is 2.83. The van der Waals surface area contributed by atoms with E-state index in [1.165, 1.54) is 12.8 Å². The highest BCUT2D eigenvalue weighted by Crippen LogP contribution is 2.30. The van der Waals surface area contributed by atoms with E-state index in [1.54, 1.807) is 12.1 Å². The van der Waals surface area contributed by atoms with Gasteiger partial charge < -0.3 is 15.8 Å². The molecule has 3 N–H and O–H groups in total. The second-order valence-corrected chi connectivity index (χ2v) is 5.22. The van der Waals surface area contributed by atoms with Crippen molar-refractivity contribution in [2.24, 2.45) is 11.8 Å². The summed E-state index contributed by atoms with van der Waals surface area (Å²) in [7, 11) is 0. The van der Waals surface area contributed by atoms with Gasteiger partial charge in [-0.15, -0.1) is 0 Å². The lowest BCUT2D eigenvalue weighted by Gasteiger charge is -2.15. The number of anilines is 1. The van der Waals surface area contributed by atoms with E-state index in [2.05, 4.69) is 12.2 Å². The molecule has 19 heavy (non-hydrogen) atoms. The van der Waals surface area contributed by atoms with Crippen molar-refractivity contribution < 1.29 is 9.53 Å². The van der Waals surface area contributed by atoms with E-state index >= 15 is 0 Å². The Hall–Kier alpha value is -1.71. The Morgan fingerprint density at radius 1 is 1.37 bits per heavy atom. The maximum absolute atomic E-state index is 11.9. The molecule has 104 valence electrons. The molecule has 0 radical (unpaired) electrons. The lowest BCUT2D eigenvalue weighted by molar-refractivity contribution is -0.125. The molecule has 2 atom stereocenters. The molecule has 1 aromatic carbocycles. The van der Waals surface area contributed by atoms with E-state index in [0.717, 1.165) is 17.9 Å². The third kappa shape index (κ3) is 3.88. The zero-order valence-electron chi connectivity index (χ0n) is 11.4. The van der Waals surface area contributed by atoms with Crippen molar-refractivity contribution in [1.29, 1.82) is 0 Å². The van der Waals surface area contributed by atoms with Crippen LogP contribution in [0.4, 0.5) is 5.69 Å². The van der Waals surface area contributed by atoms with E-state index in [9.17, 15) is 4.79 Å². The fourth-order valence-electron chi connectivity index (χ4n) is 2.57. The van der Waals surface area contributed by atoms with Crippen LogP contribution in [0, 0.1) is 11.8 Å². The van der Waals surface area contributed by atoms with Crippen LogP contribution in [-0.4, -0.2) is 19.1 Å². The first-order valence-corrected chi connectivity index (χ1v) is 6.93. The van der Waals surface area contributed by atoms with Gasteiger partial charge in [0.05, 0.1) is 6.54 Å². The van der Waals surface area contributed by atoms with Gasteiger partial charge in [0.25, 0.3) is 0 Å². The number of benzene rings is 1. The predicted molar refractivity (Wildman–Crippen MR) is 75.9 cm³/mol. The monoisotopic (exact) mass is 262 g/mol. The van der Waals surface area contributed by atoms with Gasteiger partial charge in [-0.05, 0) is 43.0 Å². The molecule has 4 nitrogen and oxygen atoms in total. The number of carbonyl (C=O) groups excluding carboxylic acids is 1. The fraction of sp³-hybridized carbons (Fsp3) is 0.533. The average molecular weight is 262 g/mol. The lowest BCUT2D eigenvalue weighted by atomic mass is 9.97. The van der Waals surface area contributed by atoms with Crippen molar-refractivity contribution in [3.05, 3.63) is 24.3 Å². The Morgan fingerprint density at radius 3 is 2.74 bits per heavy atom. The molecule has 0 aliphatic heterocycles. The summed E-state index contributed by atoms with van der Waals surface area (Å²) in [4.78, 5) is 11.9. The van der Waals surface area contributed by atoms with Crippen molar-refractivity contribution >= 4 is 11.6 Å². The summed E-state index contributed by atoms with van der Waals surface area (Å²) in [6.07, 6.45) is 3.35. The van der Waals surface area contributed by atoms with Gasteiger partial charge in [0, 0.05) is 11.6 Å². The highest BCUT2D eigenvalue weighted by atomic mass is 16.5. The second kappa shape index (κ2) is 6.45. The zero-order valence-corrected chi connectivity index (χ0v) is 11.4. The molecule has 0 saturated heterocycles. The summed E-state index contributed by atoms with van der Waals surface area (Å²) in [6.45, 7) is 3.19. The molecule has 0 heterocycles. The Morgan fingerprint density at radius 2 is 2.11 bits per heavy atom. The first-order chi connectivity index (χ1) is 9.16. The number of amides is 1. The first kappa shape index (κ1) is 13.7. The molecule has 0 aromatic heterocycles. The highest BCUT2D eigenvalue weighted by molar-refractivity contribution is 5.79. The molecular formula is C15H22N2O2. The predicted octanol–water partition coefficient (Wildman–Crippen LogP) is 2.20. The molecule has 1 aromatic rings. The minimum absolute atomic E-state index is 0.172. The number of nitrogens with one attached hydrogen (secondary N) is 1. The van der Waals surface area contributed by atoms with Crippen LogP contribution in [0.15, 0.2) is 24.3 Å². The molecule has 1 aliphatic carbocycles. The van der Waals surface area contributed by atoms with Crippen LogP contribution in [0.1, 0.15) is 26.2 Å². The molecule has 1 saturated carbocycles. The maximum Gasteiger partial charge on any atom is 0.223 e. The van der Waals surface area contributed by atoms with E-state index in [-0.39, 0.29) is 11.8 Å². The number of nitrogens with two attached hydrogens (primary N) is 1. The van der Waals surface area contributed by atoms with Crippen molar-refractivity contribution in [3.63, 3.8) is 0 Å². The third-order valence-electron chi connectivity index (χ3n) is 3.75. The summed E-state index contributed by atoms with van der Waals surface area (Å²) in [6, 6.07) is 7.26. The summed E-state index contributed by atoms with van der Waals surface area (Å²) >= 11 is 0. The van der Waals surface area contributed by atoms with Crippen molar-refractivity contribution in [2.75, 3.05) is 18.9 Å². The van der Waals surface area contributed by atoms with Gasteiger partial charge in [-0.2, -0.15) is 0 Å². The van der Waals surface area contributed by atoms with Crippen LogP contribution in [-0.2, 0) is 4.79 Å². The number of hydrogen-bond donors (Lipinski definition) is 2. The van der Waals surface area contributed by atoms with Gasteiger partial charge in [-0.3, -0.25) is 4.79 Å². The SMILES string of the molecule is CC1CCCC1C(=O)NCCOc1ccc(N)cc1. The largest absolute Gasteiger partial charge is 0.492 e. The van der Waals surface area contributed by atoms with Gasteiger partial charge >= 0.3 is 0 Å². The van der Waals surface area contributed by atoms with Crippen molar-refractivity contribution in [2.45, 2.75) is 26.2 Å². The third-order valence-corrected chi connectivity index (χ3v) is 3.75. The molecule has 2 unspecified atom stereocenters. The standard InChI is InChI=1S/C15H22N2O2/c1-11-3-2-4-14(11)15(18)17-9-10-19-13-7-5-12(16)6-8-13/h5-8,11,14H,2-4,9-10,16H2,1H3,(H,17,18). The molecule has 1 fully saturated rings. The lowest BCUT2D eigenvalue weighted by Crippen LogP contribution is -2.34. The molecule has 2 rings (SSSR count). The van der Waals surface area contributed by atoms with Crippen molar-refractivity contribution in [3.8, 4) is 5.75 Å². The van der Waals surface area contributed by atoms with Crippen LogP contribution < -0.4 is 15.8 Å². The molecule has 4 heteroatoms. The quantitative estimate of drug-likeness (QED) is 0.631. The minimum atomic E-state index is 0.172. The van der Waals surface area contributed by atoms with E-state index < -0.39 is 0 Å². The molecule has 1 amide bonds. The van der Waals surface area contributed by atoms with Gasteiger partial charge in [-0.25, -0.2) is 0 Å². The maximum atomic E-state index is 11.9. The Kier molecular flexibility index (Phi) is 4.66. The molecule has 0 spiro atoms. The van der Waals surface area contributed by atoms with Gasteiger partial charge in [0.2, 0.25) is 5.91 Å². The summed E-state index contributed by atoms with van der Waals surface area (Å²) in [5.41, 5.74) is 6.31. The van der Waals surface area contributed by atoms with Crippen LogP contribution in [0.5, 0.6) is 5.75 Å². The first-order valence-electron chi connectivity index (χ1n) is 6.93. The second-order valence-electron chi connectivity index (χ2n) is 5.22. The van der Waals surface area contributed by atoms with Gasteiger partial charge in [0.1, 0.15) is 12.4 Å². The normalized spacial score (nSPS) is 22.2. The van der Waals surface area contributed by atoms with Gasteiger partial charge in [0.15, 0.2) is 0 Å². The number of ether oxygens (including phenoxy) is 1. The smallest absolute Gasteiger partial charge is 0.223 e. The molecular weight excluding hydrogens is 240 g/mol. The topological polar surface area (TPSA) is 64.3 Å². The number of carbonyl (C=O) groups is 1. The van der Waals surface area contributed by atoms with Crippen LogP contribution in [0.3, 0.4) is 0 Å².